The van der Waals surface area contributed by atoms with E-state index in [-0.39, 0.29) is 22.2 Å². The molecule has 3 aromatic rings. The van der Waals surface area contributed by atoms with Crippen LogP contribution in [-0.2, 0) is 10.3 Å². The molecule has 0 bridgehead atoms. The Kier molecular flexibility index (Phi) is 5.78. The summed E-state index contributed by atoms with van der Waals surface area (Å²) in [5.74, 6) is -2.46. The van der Waals surface area contributed by atoms with E-state index in [1.54, 1.807) is 26.8 Å². The first-order valence-corrected chi connectivity index (χ1v) is 11.2. The number of ketones is 1. The van der Waals surface area contributed by atoms with Crippen molar-refractivity contribution in [2.75, 3.05) is 5.32 Å². The number of fused-ring (bicyclic) bond motifs is 1. The minimum absolute atomic E-state index is 0.0254. The number of hydrogen-bond donors (Lipinski definition) is 2. The first-order chi connectivity index (χ1) is 15.5. The zero-order chi connectivity index (χ0) is 24.1. The lowest BCUT2D eigenvalue weighted by molar-refractivity contribution is -0.120. The minimum Gasteiger partial charge on any atom is -0.378 e. The third kappa shape index (κ3) is 3.91. The van der Waals surface area contributed by atoms with Crippen LogP contribution in [0.2, 0.25) is 5.02 Å². The average molecular weight is 491 g/mol. The van der Waals surface area contributed by atoms with Gasteiger partial charge in [-0.25, -0.2) is 23.7 Å². The van der Waals surface area contributed by atoms with Gasteiger partial charge in [0.15, 0.2) is 22.6 Å². The maximum absolute atomic E-state index is 15.1. The molecule has 3 N–H and O–H groups in total. The number of nitrogens with one attached hydrogen (secondary N) is 1. The summed E-state index contributed by atoms with van der Waals surface area (Å²) in [6, 6.07) is 4.09. The highest BCUT2D eigenvalue weighted by atomic mass is 35.5. The number of amidine groups is 1. The fourth-order valence-corrected chi connectivity index (χ4v) is 5.41. The summed E-state index contributed by atoms with van der Waals surface area (Å²) in [6.07, 6.45) is 2.76. The third-order valence-corrected chi connectivity index (χ3v) is 7.88. The summed E-state index contributed by atoms with van der Waals surface area (Å²) in [5.41, 5.74) is 5.85. The number of nitrogens with two attached hydrogens (primary N) is 1. The molecule has 4 rings (SSSR count). The number of carbonyl (C=O) groups excluding carboxylic acids is 1. The molecule has 0 saturated heterocycles. The predicted octanol–water partition coefficient (Wildman–Crippen LogP) is 4.96. The lowest BCUT2D eigenvalue weighted by Gasteiger charge is -2.46. The number of aromatic nitrogens is 3. The molecule has 0 fully saturated rings. The number of Topliss-reactive ketones (excluding diaryl/α,β-unsaturated/α-hetero) is 1. The van der Waals surface area contributed by atoms with Gasteiger partial charge in [-0.3, -0.25) is 9.79 Å². The van der Waals surface area contributed by atoms with Crippen molar-refractivity contribution in [3.8, 4) is 0 Å². The number of anilines is 2. The fraction of sp³-hybridized carbons (Fsp3) is 0.318. The summed E-state index contributed by atoms with van der Waals surface area (Å²) in [5, 5.41) is 3.52. The second-order valence-electron chi connectivity index (χ2n) is 8.27. The second-order valence-corrected chi connectivity index (χ2v) is 10.2. The third-order valence-electron chi connectivity index (χ3n) is 6.31. The van der Waals surface area contributed by atoms with Crippen molar-refractivity contribution < 1.29 is 13.6 Å². The van der Waals surface area contributed by atoms with E-state index in [0.29, 0.717) is 21.9 Å². The van der Waals surface area contributed by atoms with Crippen molar-refractivity contribution in [2.24, 2.45) is 16.6 Å². The molecule has 1 aliphatic heterocycles. The summed E-state index contributed by atoms with van der Waals surface area (Å²) in [6.45, 7) is 6.63. The molecule has 33 heavy (non-hydrogen) atoms. The lowest BCUT2D eigenvalue weighted by atomic mass is 9.72. The number of pyridine rings is 1. The molecular formula is C22H21ClF2N6OS. The Morgan fingerprint density at radius 2 is 1.94 bits per heavy atom. The van der Waals surface area contributed by atoms with E-state index in [4.69, 9.17) is 17.3 Å². The molecule has 11 heteroatoms. The number of halogens is 3. The van der Waals surface area contributed by atoms with E-state index in [1.807, 2.05) is 0 Å². The van der Waals surface area contributed by atoms with Crippen LogP contribution in [0.5, 0.6) is 0 Å². The number of hydrogen-bond acceptors (Lipinski definition) is 8. The highest BCUT2D eigenvalue weighted by molar-refractivity contribution is 8.15. The molecular weight excluding hydrogens is 470 g/mol. The van der Waals surface area contributed by atoms with Crippen molar-refractivity contribution in [1.29, 1.82) is 0 Å². The molecule has 3 heterocycles. The zero-order valence-electron chi connectivity index (χ0n) is 18.3. The van der Waals surface area contributed by atoms with Crippen molar-refractivity contribution in [3.05, 3.63) is 52.9 Å². The Morgan fingerprint density at radius 3 is 2.64 bits per heavy atom. The molecule has 1 aliphatic rings. The Bertz CT molecular complexity index is 1320. The molecule has 3 atom stereocenters. The van der Waals surface area contributed by atoms with Crippen molar-refractivity contribution in [1.82, 2.24) is 15.0 Å². The van der Waals surface area contributed by atoms with Crippen molar-refractivity contribution in [3.63, 3.8) is 0 Å². The predicted molar refractivity (Wildman–Crippen MR) is 127 cm³/mol. The molecule has 7 nitrogen and oxygen atoms in total. The molecule has 0 radical (unpaired) electrons. The molecule has 0 unspecified atom stereocenters. The van der Waals surface area contributed by atoms with Crippen LogP contribution in [0.1, 0.15) is 33.3 Å². The molecule has 0 aliphatic carbocycles. The normalized spacial score (nSPS) is 25.1. The Morgan fingerprint density at radius 1 is 1.21 bits per heavy atom. The Hall–Kier alpha value is -2.85. The van der Waals surface area contributed by atoms with E-state index in [9.17, 15) is 9.18 Å². The molecule has 0 amide bonds. The van der Waals surface area contributed by atoms with Crippen LogP contribution in [0.25, 0.3) is 11.0 Å². The van der Waals surface area contributed by atoms with Gasteiger partial charge in [-0.2, -0.15) is 0 Å². The smallest absolute Gasteiger partial charge is 0.164 e. The number of benzene rings is 1. The van der Waals surface area contributed by atoms with E-state index in [2.05, 4.69) is 25.3 Å². The van der Waals surface area contributed by atoms with E-state index >= 15 is 4.39 Å². The highest BCUT2D eigenvalue weighted by Crippen LogP contribution is 2.51. The quantitative estimate of drug-likeness (QED) is 0.532. The van der Waals surface area contributed by atoms with Crippen LogP contribution in [0.15, 0.2) is 35.7 Å². The summed E-state index contributed by atoms with van der Waals surface area (Å²) in [7, 11) is 0. The van der Waals surface area contributed by atoms with Gasteiger partial charge in [-0.05, 0) is 32.9 Å². The van der Waals surface area contributed by atoms with Crippen LogP contribution in [0.4, 0.5) is 20.3 Å². The SMILES string of the molecule is CC(=O)[C@@]1(C)SC(N)=N[C@](C)(c2cc(Nc3ncnc4cc(Cl)cnc34)cc(F)c2F)[C@@H]1C. The number of nitrogens with zero attached hydrogens (tertiary/aromatic N) is 4. The Labute approximate surface area is 198 Å². The first-order valence-electron chi connectivity index (χ1n) is 10.0. The fourth-order valence-electron chi connectivity index (χ4n) is 4.04. The van der Waals surface area contributed by atoms with Gasteiger partial charge in [0.2, 0.25) is 0 Å². The van der Waals surface area contributed by atoms with Crippen LogP contribution in [-0.4, -0.2) is 30.6 Å². The number of carbonyl (C=O) groups is 1. The van der Waals surface area contributed by atoms with Crippen LogP contribution >= 0.6 is 23.4 Å². The zero-order valence-corrected chi connectivity index (χ0v) is 19.9. The summed E-state index contributed by atoms with van der Waals surface area (Å²) >= 11 is 7.11. The van der Waals surface area contributed by atoms with Crippen LogP contribution < -0.4 is 11.1 Å². The maximum Gasteiger partial charge on any atom is 0.164 e. The van der Waals surface area contributed by atoms with E-state index < -0.39 is 27.8 Å². The topological polar surface area (TPSA) is 106 Å². The van der Waals surface area contributed by atoms with Gasteiger partial charge in [-0.15, -0.1) is 0 Å². The lowest BCUT2D eigenvalue weighted by Crippen LogP contribution is -2.52. The highest BCUT2D eigenvalue weighted by Gasteiger charge is 2.52. The average Bonchev–Trinajstić information content (AvgIpc) is 2.74. The van der Waals surface area contributed by atoms with Gasteiger partial charge in [-0.1, -0.05) is 30.3 Å². The van der Waals surface area contributed by atoms with Crippen molar-refractivity contribution in [2.45, 2.75) is 38.0 Å². The van der Waals surface area contributed by atoms with Gasteiger partial charge < -0.3 is 11.1 Å². The molecule has 0 saturated carbocycles. The largest absolute Gasteiger partial charge is 0.378 e. The summed E-state index contributed by atoms with van der Waals surface area (Å²) < 4.78 is 29.0. The van der Waals surface area contributed by atoms with Gasteiger partial charge in [0.05, 0.1) is 20.8 Å². The standard InChI is InChI=1S/C22H21ClF2N6OS/c1-10-21(3,31-20(26)33-22(10,4)11(2)32)14-6-13(7-15(24)17(14)25)30-19-18-16(28-9-29-19)5-12(23)8-27-18/h5-10H,1-4H3,(H2,26,31)(H,28,29,30)/t10-,21-,22-/m0/s1. The molecule has 172 valence electrons. The number of aliphatic imine (C=N–C) groups is 1. The second kappa shape index (κ2) is 8.18. The van der Waals surface area contributed by atoms with Gasteiger partial charge in [0, 0.05) is 29.4 Å². The Balaban J connectivity index is 1.84. The first kappa shape index (κ1) is 23.3. The van der Waals surface area contributed by atoms with E-state index in [1.165, 1.54) is 25.5 Å². The van der Waals surface area contributed by atoms with E-state index in [0.717, 1.165) is 17.8 Å². The number of thioether (sulfide) groups is 1. The number of rotatable bonds is 4. The summed E-state index contributed by atoms with van der Waals surface area (Å²) in [4.78, 5) is 29.5. The minimum atomic E-state index is -1.29. The van der Waals surface area contributed by atoms with Crippen LogP contribution in [0.3, 0.4) is 0 Å². The van der Waals surface area contributed by atoms with Gasteiger partial charge >= 0.3 is 0 Å². The molecule has 1 aromatic carbocycles. The molecule has 0 spiro atoms. The van der Waals surface area contributed by atoms with Crippen molar-refractivity contribution >= 4 is 56.9 Å². The van der Waals surface area contributed by atoms with Gasteiger partial charge in [0.25, 0.3) is 0 Å². The van der Waals surface area contributed by atoms with Crippen LogP contribution in [0, 0.1) is 17.6 Å². The maximum atomic E-state index is 15.1. The van der Waals surface area contributed by atoms with Gasteiger partial charge in [0.1, 0.15) is 17.6 Å². The monoisotopic (exact) mass is 490 g/mol. The molecule has 2 aromatic heterocycles.